The predicted molar refractivity (Wildman–Crippen MR) is 71.8 cm³/mol. The van der Waals surface area contributed by atoms with Crippen LogP contribution in [0.25, 0.3) is 10.9 Å². The maximum Gasteiger partial charge on any atom is 0.251 e. The summed E-state index contributed by atoms with van der Waals surface area (Å²) in [7, 11) is 0. The molecule has 1 heterocycles. The third-order valence-corrected chi connectivity index (χ3v) is 3.38. The average molecular weight is 261 g/mol. The number of halogens is 1. The van der Waals surface area contributed by atoms with E-state index in [4.69, 9.17) is 11.6 Å². The quantitative estimate of drug-likeness (QED) is 0.862. The average Bonchev–Trinajstić information content (AvgIpc) is 3.19. The van der Waals surface area contributed by atoms with Crippen LogP contribution < -0.4 is 5.32 Å². The first kappa shape index (κ1) is 11.5. The van der Waals surface area contributed by atoms with Crippen LogP contribution in [0.2, 0.25) is 5.15 Å². The van der Waals surface area contributed by atoms with E-state index in [1.807, 2.05) is 18.2 Å². The molecule has 3 rings (SSSR count). The number of nitrogens with zero attached hydrogens (tertiary/aromatic N) is 1. The second-order valence-corrected chi connectivity index (χ2v) is 5.08. The maximum absolute atomic E-state index is 11.9. The highest BCUT2D eigenvalue weighted by Crippen LogP contribution is 2.27. The van der Waals surface area contributed by atoms with Crippen molar-refractivity contribution in [3.05, 3.63) is 41.0 Å². The van der Waals surface area contributed by atoms with Gasteiger partial charge in [0.05, 0.1) is 5.52 Å². The Hall–Kier alpha value is -1.61. The summed E-state index contributed by atoms with van der Waals surface area (Å²) >= 11 is 5.82. The van der Waals surface area contributed by atoms with Gasteiger partial charge in [-0.05, 0) is 49.1 Å². The fourth-order valence-corrected chi connectivity index (χ4v) is 2.06. The number of fused-ring (bicyclic) bond motifs is 1. The lowest BCUT2D eigenvalue weighted by atomic mass is 10.1. The van der Waals surface area contributed by atoms with Crippen LogP contribution in [0.15, 0.2) is 30.3 Å². The summed E-state index contributed by atoms with van der Waals surface area (Å²) in [6.45, 7) is 0.787. The number of hydrogen-bond donors (Lipinski definition) is 1. The highest BCUT2D eigenvalue weighted by Gasteiger charge is 2.21. The summed E-state index contributed by atoms with van der Waals surface area (Å²) in [4.78, 5) is 16.1. The molecule has 4 heteroatoms. The number of aromatic nitrogens is 1. The Morgan fingerprint density at radius 1 is 1.33 bits per heavy atom. The molecule has 1 aliphatic carbocycles. The second-order valence-electron chi connectivity index (χ2n) is 4.69. The Bertz CT molecular complexity index is 608. The van der Waals surface area contributed by atoms with E-state index in [1.165, 1.54) is 12.8 Å². The largest absolute Gasteiger partial charge is 0.352 e. The van der Waals surface area contributed by atoms with Gasteiger partial charge in [0, 0.05) is 17.5 Å². The Labute approximate surface area is 110 Å². The zero-order valence-electron chi connectivity index (χ0n) is 9.82. The van der Waals surface area contributed by atoms with Crippen LogP contribution in [-0.4, -0.2) is 17.4 Å². The van der Waals surface area contributed by atoms with Crippen molar-refractivity contribution in [2.24, 2.45) is 5.92 Å². The van der Waals surface area contributed by atoms with Crippen molar-refractivity contribution in [1.29, 1.82) is 0 Å². The molecule has 0 unspecified atom stereocenters. The molecule has 1 N–H and O–H groups in total. The van der Waals surface area contributed by atoms with E-state index in [0.717, 1.165) is 17.4 Å². The van der Waals surface area contributed by atoms with Crippen LogP contribution in [0.1, 0.15) is 23.2 Å². The third kappa shape index (κ3) is 2.46. The zero-order chi connectivity index (χ0) is 12.5. The van der Waals surface area contributed by atoms with Gasteiger partial charge >= 0.3 is 0 Å². The molecule has 1 amide bonds. The summed E-state index contributed by atoms with van der Waals surface area (Å²) in [5, 5.41) is 4.35. The van der Waals surface area contributed by atoms with Crippen LogP contribution in [0, 0.1) is 5.92 Å². The number of benzene rings is 1. The minimum absolute atomic E-state index is 0.0150. The van der Waals surface area contributed by atoms with Gasteiger partial charge in [-0.25, -0.2) is 4.98 Å². The van der Waals surface area contributed by atoms with Gasteiger partial charge in [0.15, 0.2) is 0 Å². The highest BCUT2D eigenvalue weighted by atomic mass is 35.5. The molecular weight excluding hydrogens is 248 g/mol. The van der Waals surface area contributed by atoms with E-state index < -0.39 is 0 Å². The SMILES string of the molecule is O=C(NCC1CC1)c1ccc2nc(Cl)ccc2c1. The van der Waals surface area contributed by atoms with E-state index in [2.05, 4.69) is 10.3 Å². The third-order valence-electron chi connectivity index (χ3n) is 3.17. The van der Waals surface area contributed by atoms with Crippen molar-refractivity contribution in [2.45, 2.75) is 12.8 Å². The molecule has 1 fully saturated rings. The van der Waals surface area contributed by atoms with Crippen LogP contribution in [-0.2, 0) is 0 Å². The molecule has 0 aliphatic heterocycles. The van der Waals surface area contributed by atoms with E-state index in [0.29, 0.717) is 16.6 Å². The monoisotopic (exact) mass is 260 g/mol. The van der Waals surface area contributed by atoms with Crippen molar-refractivity contribution in [1.82, 2.24) is 10.3 Å². The summed E-state index contributed by atoms with van der Waals surface area (Å²) in [6, 6.07) is 9.07. The number of hydrogen-bond acceptors (Lipinski definition) is 2. The molecule has 1 saturated carbocycles. The highest BCUT2D eigenvalue weighted by molar-refractivity contribution is 6.29. The summed E-state index contributed by atoms with van der Waals surface area (Å²) in [5.41, 5.74) is 1.48. The van der Waals surface area contributed by atoms with Gasteiger partial charge in [-0.15, -0.1) is 0 Å². The number of carbonyl (C=O) groups is 1. The Morgan fingerprint density at radius 3 is 2.94 bits per heavy atom. The first-order valence-corrected chi connectivity index (χ1v) is 6.45. The van der Waals surface area contributed by atoms with Crippen LogP contribution in [0.3, 0.4) is 0 Å². The topological polar surface area (TPSA) is 42.0 Å². The van der Waals surface area contributed by atoms with Crippen LogP contribution in [0.5, 0.6) is 0 Å². The molecule has 1 aliphatic rings. The molecular formula is C14H13ClN2O. The Balaban J connectivity index is 1.82. The Kier molecular flexibility index (Phi) is 2.92. The zero-order valence-corrected chi connectivity index (χ0v) is 10.6. The predicted octanol–water partition coefficient (Wildman–Crippen LogP) is 3.03. The van der Waals surface area contributed by atoms with Gasteiger partial charge in [-0.3, -0.25) is 4.79 Å². The second kappa shape index (κ2) is 4.58. The molecule has 18 heavy (non-hydrogen) atoms. The number of carbonyl (C=O) groups excluding carboxylic acids is 1. The standard InChI is InChI=1S/C14H13ClN2O/c15-13-6-4-10-7-11(3-5-12(10)17-13)14(18)16-8-9-1-2-9/h3-7,9H,1-2,8H2,(H,16,18). The minimum atomic E-state index is -0.0150. The van der Waals surface area contributed by atoms with Gasteiger partial charge < -0.3 is 5.32 Å². The van der Waals surface area contributed by atoms with Crippen LogP contribution >= 0.6 is 11.6 Å². The number of amides is 1. The summed E-state index contributed by atoms with van der Waals surface area (Å²) in [5.74, 6) is 0.675. The molecule has 0 spiro atoms. The number of pyridine rings is 1. The van der Waals surface area contributed by atoms with E-state index in [9.17, 15) is 4.79 Å². The van der Waals surface area contributed by atoms with Gasteiger partial charge in [-0.1, -0.05) is 11.6 Å². The lowest BCUT2D eigenvalue weighted by molar-refractivity contribution is 0.0952. The molecule has 2 aromatic rings. The molecule has 0 saturated heterocycles. The van der Waals surface area contributed by atoms with E-state index >= 15 is 0 Å². The van der Waals surface area contributed by atoms with Crippen molar-refractivity contribution >= 4 is 28.4 Å². The van der Waals surface area contributed by atoms with E-state index in [1.54, 1.807) is 12.1 Å². The lowest BCUT2D eigenvalue weighted by Gasteiger charge is -2.05. The minimum Gasteiger partial charge on any atom is -0.352 e. The van der Waals surface area contributed by atoms with Crippen molar-refractivity contribution in [3.63, 3.8) is 0 Å². The van der Waals surface area contributed by atoms with E-state index in [-0.39, 0.29) is 5.91 Å². The van der Waals surface area contributed by atoms with Crippen molar-refractivity contribution in [3.8, 4) is 0 Å². The molecule has 0 atom stereocenters. The van der Waals surface area contributed by atoms with Gasteiger partial charge in [0.1, 0.15) is 5.15 Å². The fraction of sp³-hybridized carbons (Fsp3) is 0.286. The van der Waals surface area contributed by atoms with Gasteiger partial charge in [0.25, 0.3) is 5.91 Å². The van der Waals surface area contributed by atoms with Gasteiger partial charge in [-0.2, -0.15) is 0 Å². The smallest absolute Gasteiger partial charge is 0.251 e. The maximum atomic E-state index is 11.9. The molecule has 0 bridgehead atoms. The molecule has 1 aromatic carbocycles. The molecule has 3 nitrogen and oxygen atoms in total. The molecule has 1 aromatic heterocycles. The first-order chi connectivity index (χ1) is 8.72. The fourth-order valence-electron chi connectivity index (χ4n) is 1.90. The van der Waals surface area contributed by atoms with Crippen molar-refractivity contribution < 1.29 is 4.79 Å². The summed E-state index contributed by atoms with van der Waals surface area (Å²) < 4.78 is 0. The lowest BCUT2D eigenvalue weighted by Crippen LogP contribution is -2.25. The van der Waals surface area contributed by atoms with Crippen LogP contribution in [0.4, 0.5) is 0 Å². The van der Waals surface area contributed by atoms with Crippen molar-refractivity contribution in [2.75, 3.05) is 6.54 Å². The Morgan fingerprint density at radius 2 is 2.17 bits per heavy atom. The number of nitrogens with one attached hydrogen (secondary N) is 1. The molecule has 0 radical (unpaired) electrons. The first-order valence-electron chi connectivity index (χ1n) is 6.07. The number of rotatable bonds is 3. The molecule has 92 valence electrons. The van der Waals surface area contributed by atoms with Gasteiger partial charge in [0.2, 0.25) is 0 Å². The normalized spacial score (nSPS) is 14.7. The summed E-state index contributed by atoms with van der Waals surface area (Å²) in [6.07, 6.45) is 2.47.